The molecule has 0 fully saturated rings. The fourth-order valence-electron chi connectivity index (χ4n) is 3.58. The van der Waals surface area contributed by atoms with Gasteiger partial charge in [0.05, 0.1) is 28.9 Å². The van der Waals surface area contributed by atoms with Gasteiger partial charge in [-0.2, -0.15) is 5.10 Å². The Morgan fingerprint density at radius 3 is 2.57 bits per heavy atom. The normalized spacial score (nSPS) is 11.7. The second-order valence-electron chi connectivity index (χ2n) is 8.22. The Morgan fingerprint density at radius 1 is 1.14 bits per heavy atom. The molecule has 2 aromatic heterocycles. The van der Waals surface area contributed by atoms with Gasteiger partial charge in [0, 0.05) is 12.5 Å². The Hall–Kier alpha value is -3.08. The van der Waals surface area contributed by atoms with Crippen LogP contribution in [0.4, 0.5) is 5.82 Å². The van der Waals surface area contributed by atoms with Gasteiger partial charge in [-0.05, 0) is 35.4 Å². The van der Waals surface area contributed by atoms with E-state index < -0.39 is 10.0 Å². The van der Waals surface area contributed by atoms with Crippen LogP contribution < -0.4 is 14.8 Å². The first kappa shape index (κ1) is 25.0. The maximum atomic E-state index is 13.0. The molecule has 0 unspecified atom stereocenters. The van der Waals surface area contributed by atoms with Gasteiger partial charge in [-0.1, -0.05) is 55.8 Å². The molecular formula is C24H25ClN4O4S2. The van der Waals surface area contributed by atoms with E-state index in [1.165, 1.54) is 19.2 Å². The van der Waals surface area contributed by atoms with Crippen molar-refractivity contribution < 1.29 is 17.9 Å². The fraction of sp³-hybridized carbons (Fsp3) is 0.250. The van der Waals surface area contributed by atoms with Crippen LogP contribution in [-0.2, 0) is 27.9 Å². The summed E-state index contributed by atoms with van der Waals surface area (Å²) in [6.45, 7) is 4.51. The second kappa shape index (κ2) is 10.3. The first-order chi connectivity index (χ1) is 16.7. The molecular weight excluding hydrogens is 508 g/mol. The molecule has 0 aliphatic heterocycles. The minimum absolute atomic E-state index is 0.00970. The maximum absolute atomic E-state index is 13.0. The van der Waals surface area contributed by atoms with Crippen LogP contribution in [0, 0.1) is 5.92 Å². The van der Waals surface area contributed by atoms with Crippen molar-refractivity contribution in [2.45, 2.75) is 31.1 Å². The summed E-state index contributed by atoms with van der Waals surface area (Å²) in [6, 6.07) is 16.2. The van der Waals surface area contributed by atoms with Crippen molar-refractivity contribution in [2.75, 3.05) is 11.8 Å². The SMILES string of the molecule is COc1cccc2c1c(NS(=O)(=O)c1ccc(Cl)s1)nn2Cc1cccc(CNC(=O)C(C)C)c1. The number of rotatable bonds is 9. The largest absolute Gasteiger partial charge is 0.496 e. The standard InChI is InChI=1S/C24H25ClN4O4S2/c1-15(2)24(30)26-13-16-6-4-7-17(12-16)14-29-18-8-5-9-19(33-3)22(18)23(27-29)28-35(31,32)21-11-10-20(25)34-21/h4-12,15H,13-14H2,1-3H3,(H,26,30)(H,27,28). The van der Waals surface area contributed by atoms with Gasteiger partial charge in [-0.3, -0.25) is 14.2 Å². The number of fused-ring (bicyclic) bond motifs is 1. The molecule has 2 N–H and O–H groups in total. The number of aromatic nitrogens is 2. The van der Waals surface area contributed by atoms with E-state index in [0.717, 1.165) is 22.5 Å². The molecule has 35 heavy (non-hydrogen) atoms. The molecule has 184 valence electrons. The summed E-state index contributed by atoms with van der Waals surface area (Å²) in [4.78, 5) is 11.9. The molecule has 8 nitrogen and oxygen atoms in total. The van der Waals surface area contributed by atoms with Crippen molar-refractivity contribution in [1.82, 2.24) is 15.1 Å². The van der Waals surface area contributed by atoms with E-state index in [2.05, 4.69) is 15.1 Å². The molecule has 2 aromatic carbocycles. The fourth-order valence-corrected chi connectivity index (χ4v) is 6.08. The van der Waals surface area contributed by atoms with Gasteiger partial charge in [0.1, 0.15) is 9.96 Å². The minimum atomic E-state index is -3.89. The van der Waals surface area contributed by atoms with Crippen molar-refractivity contribution in [2.24, 2.45) is 5.92 Å². The third kappa shape index (κ3) is 5.61. The van der Waals surface area contributed by atoms with E-state index in [1.54, 1.807) is 10.7 Å². The smallest absolute Gasteiger partial charge is 0.272 e. The quantitative estimate of drug-likeness (QED) is 0.320. The number of methoxy groups -OCH3 is 1. The number of ether oxygens (including phenoxy) is 1. The average molecular weight is 533 g/mol. The Labute approximate surface area is 212 Å². The molecule has 2 heterocycles. The molecule has 1 amide bonds. The lowest BCUT2D eigenvalue weighted by Crippen LogP contribution is -2.27. The molecule has 0 saturated carbocycles. The van der Waals surface area contributed by atoms with Crippen molar-refractivity contribution in [3.63, 3.8) is 0 Å². The number of carbonyl (C=O) groups is 1. The second-order valence-corrected chi connectivity index (χ2v) is 11.8. The third-order valence-corrected chi connectivity index (χ3v) is 8.38. The van der Waals surface area contributed by atoms with Crippen molar-refractivity contribution in [1.29, 1.82) is 0 Å². The number of hydrogen-bond acceptors (Lipinski definition) is 6. The van der Waals surface area contributed by atoms with Crippen LogP contribution in [0.15, 0.2) is 58.8 Å². The lowest BCUT2D eigenvalue weighted by Gasteiger charge is -2.10. The van der Waals surface area contributed by atoms with Crippen LogP contribution in [0.2, 0.25) is 4.34 Å². The summed E-state index contributed by atoms with van der Waals surface area (Å²) in [5.74, 6) is 0.573. The number of anilines is 1. The highest BCUT2D eigenvalue weighted by Crippen LogP contribution is 2.35. The zero-order valence-electron chi connectivity index (χ0n) is 19.4. The summed E-state index contributed by atoms with van der Waals surface area (Å²) in [5, 5.41) is 8.06. The number of amides is 1. The number of nitrogens with zero attached hydrogens (tertiary/aromatic N) is 2. The molecule has 4 rings (SSSR count). The summed E-state index contributed by atoms with van der Waals surface area (Å²) < 4.78 is 36.2. The van der Waals surface area contributed by atoms with Gasteiger partial charge in [0.15, 0.2) is 5.82 Å². The molecule has 0 aliphatic carbocycles. The Bertz CT molecular complexity index is 1480. The van der Waals surface area contributed by atoms with E-state index in [-0.39, 0.29) is 21.9 Å². The minimum Gasteiger partial charge on any atom is -0.496 e. The summed E-state index contributed by atoms with van der Waals surface area (Å²) in [6.07, 6.45) is 0. The number of nitrogens with one attached hydrogen (secondary N) is 2. The van der Waals surface area contributed by atoms with E-state index in [0.29, 0.717) is 34.1 Å². The van der Waals surface area contributed by atoms with E-state index >= 15 is 0 Å². The molecule has 0 bridgehead atoms. The van der Waals surface area contributed by atoms with Crippen LogP contribution >= 0.6 is 22.9 Å². The average Bonchev–Trinajstić information content (AvgIpc) is 3.41. The van der Waals surface area contributed by atoms with Gasteiger partial charge in [0.2, 0.25) is 5.91 Å². The van der Waals surface area contributed by atoms with E-state index in [4.69, 9.17) is 16.3 Å². The van der Waals surface area contributed by atoms with E-state index in [1.807, 2.05) is 50.2 Å². The predicted octanol–water partition coefficient (Wildman–Crippen LogP) is 4.88. The molecule has 0 aliphatic rings. The van der Waals surface area contributed by atoms with Gasteiger partial charge in [-0.15, -0.1) is 11.3 Å². The first-order valence-corrected chi connectivity index (χ1v) is 13.5. The van der Waals surface area contributed by atoms with Crippen LogP contribution in [0.1, 0.15) is 25.0 Å². The zero-order valence-corrected chi connectivity index (χ0v) is 21.8. The number of halogens is 1. The molecule has 0 atom stereocenters. The number of benzene rings is 2. The van der Waals surface area contributed by atoms with Crippen LogP contribution in [0.3, 0.4) is 0 Å². The third-order valence-electron chi connectivity index (χ3n) is 5.32. The van der Waals surface area contributed by atoms with Gasteiger partial charge in [0.25, 0.3) is 10.0 Å². The monoisotopic (exact) mass is 532 g/mol. The lowest BCUT2D eigenvalue weighted by molar-refractivity contribution is -0.124. The molecule has 4 aromatic rings. The highest BCUT2D eigenvalue weighted by atomic mass is 35.5. The van der Waals surface area contributed by atoms with Crippen LogP contribution in [0.5, 0.6) is 5.75 Å². The highest BCUT2D eigenvalue weighted by molar-refractivity contribution is 7.94. The Balaban J connectivity index is 1.67. The van der Waals surface area contributed by atoms with Gasteiger partial charge in [-0.25, -0.2) is 8.42 Å². The predicted molar refractivity (Wildman–Crippen MR) is 139 cm³/mol. The van der Waals surface area contributed by atoms with Crippen LogP contribution in [-0.4, -0.2) is 31.2 Å². The summed E-state index contributed by atoms with van der Waals surface area (Å²) in [5.41, 5.74) is 2.62. The molecule has 0 saturated heterocycles. The van der Waals surface area contributed by atoms with Gasteiger partial charge < -0.3 is 10.1 Å². The number of hydrogen-bond donors (Lipinski definition) is 2. The zero-order chi connectivity index (χ0) is 25.2. The summed E-state index contributed by atoms with van der Waals surface area (Å²) in [7, 11) is -2.36. The number of thiophene rings is 1. The highest BCUT2D eigenvalue weighted by Gasteiger charge is 2.23. The maximum Gasteiger partial charge on any atom is 0.272 e. The molecule has 0 spiro atoms. The van der Waals surface area contributed by atoms with E-state index in [9.17, 15) is 13.2 Å². The van der Waals surface area contributed by atoms with Crippen LogP contribution in [0.25, 0.3) is 10.9 Å². The topological polar surface area (TPSA) is 102 Å². The Kier molecular flexibility index (Phi) is 7.34. The molecule has 0 radical (unpaired) electrons. The number of carbonyl (C=O) groups excluding carboxylic acids is 1. The number of sulfonamides is 1. The van der Waals surface area contributed by atoms with Crippen molar-refractivity contribution in [3.05, 3.63) is 70.1 Å². The van der Waals surface area contributed by atoms with Crippen molar-refractivity contribution >= 4 is 55.6 Å². The first-order valence-electron chi connectivity index (χ1n) is 10.8. The van der Waals surface area contributed by atoms with Gasteiger partial charge >= 0.3 is 0 Å². The Morgan fingerprint density at radius 2 is 1.89 bits per heavy atom. The van der Waals surface area contributed by atoms with Crippen molar-refractivity contribution in [3.8, 4) is 5.75 Å². The lowest BCUT2D eigenvalue weighted by atomic mass is 10.1. The molecule has 11 heteroatoms. The summed E-state index contributed by atoms with van der Waals surface area (Å²) >= 11 is 6.91.